The van der Waals surface area contributed by atoms with Crippen LogP contribution in [0.1, 0.15) is 71.6 Å². The summed E-state index contributed by atoms with van der Waals surface area (Å²) in [5.74, 6) is -0.981. The van der Waals surface area contributed by atoms with E-state index in [-0.39, 0.29) is 0 Å². The van der Waals surface area contributed by atoms with E-state index in [1.165, 1.54) is 19.3 Å². The van der Waals surface area contributed by atoms with E-state index in [2.05, 4.69) is 20.4 Å². The monoisotopic (exact) mass is 334 g/mol. The van der Waals surface area contributed by atoms with Gasteiger partial charge in [0.2, 0.25) is 0 Å². The van der Waals surface area contributed by atoms with Gasteiger partial charge in [-0.05, 0) is 25.7 Å². The second-order valence-corrected chi connectivity index (χ2v) is 5.08. The molecule has 0 saturated heterocycles. The molecule has 5 nitrogen and oxygen atoms in total. The Morgan fingerprint density at radius 3 is 1.39 bits per heavy atom. The molecule has 0 fully saturated rings. The van der Waals surface area contributed by atoms with Crippen LogP contribution in [0.2, 0.25) is 0 Å². The zero-order valence-corrected chi connectivity index (χ0v) is 15.1. The molecule has 0 atom stereocenters. The van der Waals surface area contributed by atoms with Gasteiger partial charge in [0.15, 0.2) is 0 Å². The molecule has 0 aliphatic rings. The third kappa shape index (κ3) is 44.9. The van der Waals surface area contributed by atoms with Gasteiger partial charge in [-0.3, -0.25) is 0 Å². The Kier molecular flexibility index (Phi) is 34.2. The molecule has 0 rings (SSSR count). The molecule has 0 aromatic heterocycles. The second-order valence-electron chi connectivity index (χ2n) is 5.08. The summed E-state index contributed by atoms with van der Waals surface area (Å²) in [5, 5.41) is 24.6. The van der Waals surface area contributed by atoms with Crippen molar-refractivity contribution in [1.82, 2.24) is 0 Å². The minimum atomic E-state index is -0.981. The van der Waals surface area contributed by atoms with Crippen molar-refractivity contribution < 1.29 is 24.9 Å². The van der Waals surface area contributed by atoms with Crippen molar-refractivity contribution in [3.8, 4) is 0 Å². The molecule has 140 valence electrons. The molecule has 0 amide bonds. The summed E-state index contributed by atoms with van der Waals surface area (Å²) in [6.07, 6.45) is 11.0. The van der Waals surface area contributed by atoms with Gasteiger partial charge in [-0.15, -0.1) is 0 Å². The number of ether oxygens (including phenoxy) is 1. The van der Waals surface area contributed by atoms with E-state index < -0.39 is 5.97 Å². The summed E-state index contributed by atoms with van der Waals surface area (Å²) in [6, 6.07) is 0. The first-order valence-electron chi connectivity index (χ1n) is 8.75. The summed E-state index contributed by atoms with van der Waals surface area (Å²) >= 11 is 0. The van der Waals surface area contributed by atoms with Crippen LogP contribution in [0.5, 0.6) is 0 Å². The Bertz CT molecular complexity index is 207. The fourth-order valence-electron chi connectivity index (χ4n) is 1.50. The molecule has 0 aliphatic carbocycles. The van der Waals surface area contributed by atoms with Gasteiger partial charge in [0.05, 0.1) is 0 Å². The van der Waals surface area contributed by atoms with E-state index in [9.17, 15) is 4.79 Å². The summed E-state index contributed by atoms with van der Waals surface area (Å²) < 4.78 is 5.13. The maximum atomic E-state index is 9.25. The lowest BCUT2D eigenvalue weighted by Gasteiger charge is -1.98. The van der Waals surface area contributed by atoms with Crippen molar-refractivity contribution in [2.24, 2.45) is 0 Å². The topological polar surface area (TPSA) is 87.0 Å². The summed E-state index contributed by atoms with van der Waals surface area (Å²) in [6.45, 7) is 9.71. The van der Waals surface area contributed by atoms with Crippen LogP contribution < -0.4 is 0 Å². The number of carbonyl (C=O) groups is 1. The van der Waals surface area contributed by atoms with E-state index in [1.807, 2.05) is 0 Å². The van der Waals surface area contributed by atoms with Crippen LogP contribution in [-0.4, -0.2) is 47.7 Å². The molecule has 0 aliphatic heterocycles. The number of hydrogen-bond acceptors (Lipinski definition) is 4. The molecule has 0 aromatic rings. The Labute approximate surface area is 142 Å². The molecule has 0 heterocycles. The molecule has 0 saturated carbocycles. The fourth-order valence-corrected chi connectivity index (χ4v) is 1.50. The number of carboxylic acid groups (broad SMARTS) is 1. The van der Waals surface area contributed by atoms with Crippen molar-refractivity contribution in [3.63, 3.8) is 0 Å². The minimum Gasteiger partial charge on any atom is -0.478 e. The average Bonchev–Trinajstić information content (AvgIpc) is 2.56. The Balaban J connectivity index is -0.000000286. The van der Waals surface area contributed by atoms with Gasteiger partial charge in [0, 0.05) is 32.5 Å². The number of unbranched alkanes of at least 4 members (excludes halogenated alkanes) is 6. The maximum absolute atomic E-state index is 9.25. The smallest absolute Gasteiger partial charge is 0.327 e. The molecule has 3 N–H and O–H groups in total. The van der Waals surface area contributed by atoms with E-state index >= 15 is 0 Å². The number of aliphatic carboxylic acids is 1. The highest BCUT2D eigenvalue weighted by Gasteiger charge is 1.89. The lowest BCUT2D eigenvalue weighted by molar-refractivity contribution is -0.131. The first-order chi connectivity index (χ1) is 11.1. The number of carboxylic acids is 1. The van der Waals surface area contributed by atoms with E-state index in [1.54, 1.807) is 0 Å². The summed E-state index contributed by atoms with van der Waals surface area (Å²) in [7, 11) is 0. The molecule has 0 aromatic carbocycles. The van der Waals surface area contributed by atoms with Crippen molar-refractivity contribution >= 4 is 5.97 Å². The van der Waals surface area contributed by atoms with Crippen molar-refractivity contribution in [3.05, 3.63) is 12.7 Å². The van der Waals surface area contributed by atoms with E-state index in [4.69, 9.17) is 20.1 Å². The highest BCUT2D eigenvalue weighted by molar-refractivity contribution is 5.78. The molecular weight excluding hydrogens is 296 g/mol. The lowest BCUT2D eigenvalue weighted by atomic mass is 10.1. The number of rotatable bonds is 13. The van der Waals surface area contributed by atoms with Crippen LogP contribution in [0, 0.1) is 0 Å². The first-order valence-corrected chi connectivity index (χ1v) is 8.75. The van der Waals surface area contributed by atoms with Gasteiger partial charge in [-0.25, -0.2) is 4.79 Å². The molecular formula is C18H38O5. The van der Waals surface area contributed by atoms with E-state index in [0.717, 1.165) is 57.8 Å². The Morgan fingerprint density at radius 2 is 1.17 bits per heavy atom. The summed E-state index contributed by atoms with van der Waals surface area (Å²) in [4.78, 5) is 9.25. The zero-order chi connectivity index (χ0) is 18.2. The maximum Gasteiger partial charge on any atom is 0.327 e. The van der Waals surface area contributed by atoms with Crippen LogP contribution in [0.25, 0.3) is 0 Å². The van der Waals surface area contributed by atoms with Gasteiger partial charge in [-0.1, -0.05) is 52.5 Å². The van der Waals surface area contributed by atoms with Gasteiger partial charge in [0.1, 0.15) is 0 Å². The third-order valence-corrected chi connectivity index (χ3v) is 2.69. The first kappa shape index (κ1) is 27.0. The highest BCUT2D eigenvalue weighted by atomic mass is 16.5. The number of hydrogen-bond donors (Lipinski definition) is 3. The van der Waals surface area contributed by atoms with Crippen molar-refractivity contribution in [1.29, 1.82) is 0 Å². The highest BCUT2D eigenvalue weighted by Crippen LogP contribution is 2.06. The Morgan fingerprint density at radius 1 is 0.870 bits per heavy atom. The van der Waals surface area contributed by atoms with Gasteiger partial charge >= 0.3 is 5.97 Å². The van der Waals surface area contributed by atoms with Crippen molar-refractivity contribution in [2.75, 3.05) is 26.4 Å². The van der Waals surface area contributed by atoms with Crippen LogP contribution in [0.3, 0.4) is 0 Å². The quantitative estimate of drug-likeness (QED) is 0.352. The standard InChI is InChI=1S/C9H20O2.C6H14O.C3H4O2/c10-8-6-4-2-1-3-5-7-9-11;1-3-5-7-6-4-2;1-2-3(4)5/h10-11H,1-9H2;3-6H2,1-2H3;2H,1H2,(H,4,5). The van der Waals surface area contributed by atoms with Gasteiger partial charge < -0.3 is 20.1 Å². The molecule has 0 radical (unpaired) electrons. The van der Waals surface area contributed by atoms with Gasteiger partial charge in [0.25, 0.3) is 0 Å². The third-order valence-electron chi connectivity index (χ3n) is 2.69. The fraction of sp³-hybridized carbons (Fsp3) is 0.833. The molecule has 0 bridgehead atoms. The SMILES string of the molecule is C=CC(=O)O.CCCOCCC.OCCCCCCCCCO. The van der Waals surface area contributed by atoms with Crippen LogP contribution in [-0.2, 0) is 9.53 Å². The largest absolute Gasteiger partial charge is 0.478 e. The summed E-state index contributed by atoms with van der Waals surface area (Å²) in [5.41, 5.74) is 0. The van der Waals surface area contributed by atoms with Gasteiger partial charge in [-0.2, -0.15) is 0 Å². The minimum absolute atomic E-state index is 0.330. The Hall–Kier alpha value is -0.910. The van der Waals surface area contributed by atoms with E-state index in [0.29, 0.717) is 13.2 Å². The predicted octanol–water partition coefficient (Wildman–Crippen LogP) is 3.78. The van der Waals surface area contributed by atoms with Crippen LogP contribution in [0.4, 0.5) is 0 Å². The zero-order valence-electron chi connectivity index (χ0n) is 15.1. The predicted molar refractivity (Wildman–Crippen MR) is 95.7 cm³/mol. The molecule has 0 spiro atoms. The molecule has 0 unspecified atom stereocenters. The van der Waals surface area contributed by atoms with Crippen LogP contribution >= 0.6 is 0 Å². The average molecular weight is 334 g/mol. The van der Waals surface area contributed by atoms with Crippen molar-refractivity contribution in [2.45, 2.75) is 71.6 Å². The lowest BCUT2D eigenvalue weighted by Crippen LogP contribution is -1.92. The normalized spacial score (nSPS) is 9.22. The second kappa shape index (κ2) is 29.1. The number of aliphatic hydroxyl groups is 2. The number of aliphatic hydroxyl groups excluding tert-OH is 2. The molecule has 5 heteroatoms. The molecule has 23 heavy (non-hydrogen) atoms. The van der Waals surface area contributed by atoms with Crippen LogP contribution in [0.15, 0.2) is 12.7 Å².